The van der Waals surface area contributed by atoms with Crippen LogP contribution in [0, 0.1) is 19.7 Å². The van der Waals surface area contributed by atoms with Crippen LogP contribution in [0.15, 0.2) is 12.1 Å². The van der Waals surface area contributed by atoms with E-state index in [-0.39, 0.29) is 24.4 Å². The van der Waals surface area contributed by atoms with Gasteiger partial charge in [-0.1, -0.05) is 0 Å². The van der Waals surface area contributed by atoms with Gasteiger partial charge < -0.3 is 5.11 Å². The van der Waals surface area contributed by atoms with Crippen LogP contribution >= 0.6 is 0 Å². The Hall–Kier alpha value is -1.71. The van der Waals surface area contributed by atoms with Crippen molar-refractivity contribution in [1.82, 2.24) is 0 Å². The molecule has 1 rings (SSSR count). The number of Topliss-reactive ketones (excluding diaryl/α,β-unsaturated/α-hetero) is 1. The summed E-state index contributed by atoms with van der Waals surface area (Å²) >= 11 is 0. The van der Waals surface area contributed by atoms with Crippen LogP contribution in [0.4, 0.5) is 4.39 Å². The molecule has 0 aliphatic rings. The molecule has 3 nitrogen and oxygen atoms in total. The Balaban J connectivity index is 2.73. The van der Waals surface area contributed by atoms with Gasteiger partial charge in [0.25, 0.3) is 0 Å². The molecule has 0 saturated carbocycles. The molecule has 0 bridgehead atoms. The number of hydrogen-bond donors (Lipinski definition) is 1. The van der Waals surface area contributed by atoms with E-state index in [4.69, 9.17) is 5.11 Å². The Morgan fingerprint density at radius 1 is 1.18 bits per heavy atom. The van der Waals surface area contributed by atoms with Gasteiger partial charge in [0.1, 0.15) is 5.82 Å². The van der Waals surface area contributed by atoms with Crippen molar-refractivity contribution in [3.63, 3.8) is 0 Å². The first-order valence-corrected chi connectivity index (χ1v) is 5.43. The Morgan fingerprint density at radius 2 is 1.71 bits per heavy atom. The second-order valence-electron chi connectivity index (χ2n) is 4.09. The minimum absolute atomic E-state index is 0.0229. The minimum atomic E-state index is -0.913. The Bertz CT molecular complexity index is 429. The summed E-state index contributed by atoms with van der Waals surface area (Å²) in [5, 5.41) is 8.46. The van der Waals surface area contributed by atoms with E-state index in [0.717, 1.165) is 0 Å². The molecule has 1 aromatic rings. The first-order chi connectivity index (χ1) is 7.91. The predicted molar refractivity (Wildman–Crippen MR) is 61.7 cm³/mol. The SMILES string of the molecule is Cc1cc(C(=O)CCCC(=O)O)cc(C)c1F. The quantitative estimate of drug-likeness (QED) is 0.802. The van der Waals surface area contributed by atoms with Crippen LogP contribution in [0.2, 0.25) is 0 Å². The number of ketones is 1. The summed E-state index contributed by atoms with van der Waals surface area (Å²) in [6.07, 6.45) is 0.464. The van der Waals surface area contributed by atoms with Crippen LogP contribution in [0.5, 0.6) is 0 Å². The number of carbonyl (C=O) groups excluding carboxylic acids is 1. The molecule has 0 saturated heterocycles. The average Bonchev–Trinajstić information content (AvgIpc) is 2.24. The fraction of sp³-hybridized carbons (Fsp3) is 0.385. The smallest absolute Gasteiger partial charge is 0.303 e. The summed E-state index contributed by atoms with van der Waals surface area (Å²) in [5.41, 5.74) is 1.32. The molecule has 0 aromatic heterocycles. The highest BCUT2D eigenvalue weighted by molar-refractivity contribution is 5.96. The second kappa shape index (κ2) is 5.57. The predicted octanol–water partition coefficient (Wildman–Crippen LogP) is 2.88. The van der Waals surface area contributed by atoms with Crippen LogP contribution in [-0.2, 0) is 4.79 Å². The maximum absolute atomic E-state index is 13.3. The van der Waals surface area contributed by atoms with Gasteiger partial charge >= 0.3 is 5.97 Å². The lowest BCUT2D eigenvalue weighted by atomic mass is 10.0. The van der Waals surface area contributed by atoms with Crippen molar-refractivity contribution in [2.45, 2.75) is 33.1 Å². The molecule has 92 valence electrons. The average molecular weight is 238 g/mol. The van der Waals surface area contributed by atoms with Gasteiger partial charge in [-0.25, -0.2) is 4.39 Å². The molecular weight excluding hydrogens is 223 g/mol. The number of benzene rings is 1. The van der Waals surface area contributed by atoms with Crippen molar-refractivity contribution in [1.29, 1.82) is 0 Å². The van der Waals surface area contributed by atoms with Crippen LogP contribution < -0.4 is 0 Å². The summed E-state index contributed by atoms with van der Waals surface area (Å²) in [7, 11) is 0. The van der Waals surface area contributed by atoms with Gasteiger partial charge in [0.15, 0.2) is 5.78 Å². The normalized spacial score (nSPS) is 10.3. The van der Waals surface area contributed by atoms with E-state index in [1.165, 1.54) is 12.1 Å². The highest BCUT2D eigenvalue weighted by Crippen LogP contribution is 2.16. The Kier molecular flexibility index (Phi) is 4.37. The number of aliphatic carboxylic acids is 1. The third-order valence-electron chi connectivity index (χ3n) is 2.55. The van der Waals surface area contributed by atoms with Crippen molar-refractivity contribution < 1.29 is 19.1 Å². The molecule has 0 aliphatic carbocycles. The van der Waals surface area contributed by atoms with Crippen molar-refractivity contribution in [2.24, 2.45) is 0 Å². The maximum Gasteiger partial charge on any atom is 0.303 e. The topological polar surface area (TPSA) is 54.4 Å². The first-order valence-electron chi connectivity index (χ1n) is 5.43. The van der Waals surface area contributed by atoms with Gasteiger partial charge in [0.05, 0.1) is 0 Å². The van der Waals surface area contributed by atoms with Crippen LogP contribution in [-0.4, -0.2) is 16.9 Å². The summed E-state index contributed by atoms with van der Waals surface area (Å²) in [6.45, 7) is 3.22. The molecule has 0 spiro atoms. The number of carboxylic acids is 1. The van der Waals surface area contributed by atoms with Crippen molar-refractivity contribution >= 4 is 11.8 Å². The number of carboxylic acid groups (broad SMARTS) is 1. The van der Waals surface area contributed by atoms with Crippen molar-refractivity contribution in [3.05, 3.63) is 34.6 Å². The van der Waals surface area contributed by atoms with Gasteiger partial charge in [-0.3, -0.25) is 9.59 Å². The third kappa shape index (κ3) is 3.66. The number of halogens is 1. The van der Waals surface area contributed by atoms with E-state index in [1.807, 2.05) is 0 Å². The molecule has 1 N–H and O–H groups in total. The van der Waals surface area contributed by atoms with E-state index in [0.29, 0.717) is 23.1 Å². The lowest BCUT2D eigenvalue weighted by Crippen LogP contribution is -2.03. The Morgan fingerprint density at radius 3 is 2.18 bits per heavy atom. The molecule has 0 aliphatic heterocycles. The summed E-state index contributed by atoms with van der Waals surface area (Å²) in [4.78, 5) is 22.0. The molecule has 4 heteroatoms. The third-order valence-corrected chi connectivity index (χ3v) is 2.55. The number of carbonyl (C=O) groups is 2. The summed E-state index contributed by atoms with van der Waals surface area (Å²) < 4.78 is 13.3. The monoisotopic (exact) mass is 238 g/mol. The van der Waals surface area contributed by atoms with E-state index in [9.17, 15) is 14.0 Å². The molecular formula is C13H15FO3. The zero-order valence-corrected chi connectivity index (χ0v) is 9.92. The molecule has 0 amide bonds. The molecule has 1 aromatic carbocycles. The van der Waals surface area contributed by atoms with E-state index in [1.54, 1.807) is 13.8 Å². The van der Waals surface area contributed by atoms with Crippen LogP contribution in [0.25, 0.3) is 0 Å². The van der Waals surface area contributed by atoms with Crippen molar-refractivity contribution in [3.8, 4) is 0 Å². The lowest BCUT2D eigenvalue weighted by Gasteiger charge is -2.05. The molecule has 0 fully saturated rings. The number of rotatable bonds is 5. The minimum Gasteiger partial charge on any atom is -0.481 e. The number of hydrogen-bond acceptors (Lipinski definition) is 2. The largest absolute Gasteiger partial charge is 0.481 e. The van der Waals surface area contributed by atoms with E-state index < -0.39 is 5.97 Å². The van der Waals surface area contributed by atoms with Crippen LogP contribution in [0.1, 0.15) is 40.7 Å². The highest BCUT2D eigenvalue weighted by Gasteiger charge is 2.11. The molecule has 0 atom stereocenters. The Labute approximate surface area is 99.3 Å². The second-order valence-corrected chi connectivity index (χ2v) is 4.09. The standard InChI is InChI=1S/C13H15FO3/c1-8-6-10(7-9(2)13(8)14)11(15)4-3-5-12(16)17/h6-7H,3-5H2,1-2H3,(H,16,17). The highest BCUT2D eigenvalue weighted by atomic mass is 19.1. The maximum atomic E-state index is 13.3. The summed E-state index contributed by atoms with van der Waals surface area (Å²) in [6, 6.07) is 3.01. The van der Waals surface area contributed by atoms with Gasteiger partial charge in [0.2, 0.25) is 0 Å². The fourth-order valence-electron chi connectivity index (χ4n) is 1.65. The zero-order valence-electron chi connectivity index (χ0n) is 9.92. The van der Waals surface area contributed by atoms with Crippen molar-refractivity contribution in [2.75, 3.05) is 0 Å². The van der Waals surface area contributed by atoms with E-state index >= 15 is 0 Å². The molecule has 0 radical (unpaired) electrons. The van der Waals surface area contributed by atoms with Gasteiger partial charge in [-0.15, -0.1) is 0 Å². The van der Waals surface area contributed by atoms with E-state index in [2.05, 4.69) is 0 Å². The molecule has 0 unspecified atom stereocenters. The van der Waals surface area contributed by atoms with Gasteiger partial charge in [0, 0.05) is 18.4 Å². The lowest BCUT2D eigenvalue weighted by molar-refractivity contribution is -0.137. The molecule has 17 heavy (non-hydrogen) atoms. The molecule has 0 heterocycles. The zero-order chi connectivity index (χ0) is 13.0. The number of aryl methyl sites for hydroxylation is 2. The fourth-order valence-corrected chi connectivity index (χ4v) is 1.65. The first kappa shape index (κ1) is 13.4. The summed E-state index contributed by atoms with van der Waals surface area (Å²) in [5.74, 6) is -1.35. The van der Waals surface area contributed by atoms with Gasteiger partial charge in [-0.2, -0.15) is 0 Å². The van der Waals surface area contributed by atoms with Crippen LogP contribution in [0.3, 0.4) is 0 Å². The van der Waals surface area contributed by atoms with Gasteiger partial charge in [-0.05, 0) is 43.5 Å².